The molecule has 0 aliphatic carbocycles. The standard InChI is InChI=1S/C24H34N2O3/c1-24(2,3)18-26(15-9-8-14-25)23(27)20-12-13-21(22(16-20)28-4)29-17-19-10-6-5-7-11-19/h5-7,10-13,16H,8-9,14-15,17-18,25H2,1-4H3. The first-order valence-electron chi connectivity index (χ1n) is 10.2. The fourth-order valence-electron chi connectivity index (χ4n) is 3.11. The summed E-state index contributed by atoms with van der Waals surface area (Å²) in [5.74, 6) is 1.19. The van der Waals surface area contributed by atoms with Crippen molar-refractivity contribution in [3.8, 4) is 11.5 Å². The van der Waals surface area contributed by atoms with Crippen molar-refractivity contribution >= 4 is 5.91 Å². The van der Waals surface area contributed by atoms with Crippen LogP contribution in [0.2, 0.25) is 0 Å². The number of hydrogen-bond acceptors (Lipinski definition) is 4. The number of unbranched alkanes of at least 4 members (excludes halogenated alkanes) is 1. The van der Waals surface area contributed by atoms with Gasteiger partial charge >= 0.3 is 0 Å². The van der Waals surface area contributed by atoms with Crippen molar-refractivity contribution in [1.82, 2.24) is 4.90 Å². The lowest BCUT2D eigenvalue weighted by molar-refractivity contribution is 0.0692. The van der Waals surface area contributed by atoms with E-state index < -0.39 is 0 Å². The number of nitrogens with zero attached hydrogens (tertiary/aromatic N) is 1. The van der Waals surface area contributed by atoms with Crippen LogP contribution in [-0.2, 0) is 6.61 Å². The zero-order valence-electron chi connectivity index (χ0n) is 18.1. The van der Waals surface area contributed by atoms with Crippen LogP contribution in [0.25, 0.3) is 0 Å². The molecule has 2 N–H and O–H groups in total. The first-order valence-corrected chi connectivity index (χ1v) is 10.2. The van der Waals surface area contributed by atoms with Crippen LogP contribution in [0.3, 0.4) is 0 Å². The molecule has 0 atom stereocenters. The first-order chi connectivity index (χ1) is 13.8. The Morgan fingerprint density at radius 1 is 1.03 bits per heavy atom. The van der Waals surface area contributed by atoms with Crippen LogP contribution in [0.15, 0.2) is 48.5 Å². The molecule has 0 spiro atoms. The SMILES string of the molecule is COc1cc(C(=O)N(CCCCN)CC(C)(C)C)ccc1OCc1ccccc1. The number of methoxy groups -OCH3 is 1. The summed E-state index contributed by atoms with van der Waals surface area (Å²) >= 11 is 0. The van der Waals surface area contributed by atoms with Crippen LogP contribution in [0.4, 0.5) is 0 Å². The van der Waals surface area contributed by atoms with E-state index in [2.05, 4.69) is 20.8 Å². The van der Waals surface area contributed by atoms with Gasteiger partial charge in [0, 0.05) is 18.7 Å². The Kier molecular flexibility index (Phi) is 8.52. The van der Waals surface area contributed by atoms with Gasteiger partial charge in [-0.05, 0) is 48.6 Å². The molecule has 2 aromatic rings. The molecule has 5 nitrogen and oxygen atoms in total. The van der Waals surface area contributed by atoms with Crippen LogP contribution >= 0.6 is 0 Å². The quantitative estimate of drug-likeness (QED) is 0.599. The normalized spacial score (nSPS) is 11.2. The van der Waals surface area contributed by atoms with Crippen molar-refractivity contribution in [2.24, 2.45) is 11.1 Å². The Bertz CT molecular complexity index is 769. The van der Waals surface area contributed by atoms with E-state index in [0.29, 0.717) is 43.3 Å². The lowest BCUT2D eigenvalue weighted by atomic mass is 9.95. The zero-order chi connectivity index (χ0) is 21.3. The van der Waals surface area contributed by atoms with Crippen LogP contribution in [0.5, 0.6) is 11.5 Å². The molecule has 0 fully saturated rings. The number of ether oxygens (including phenoxy) is 2. The van der Waals surface area contributed by atoms with Gasteiger partial charge in [0.25, 0.3) is 5.91 Å². The third-order valence-corrected chi connectivity index (χ3v) is 4.48. The number of carbonyl (C=O) groups excluding carboxylic acids is 1. The molecule has 2 rings (SSSR count). The average molecular weight is 399 g/mol. The molecule has 0 heterocycles. The smallest absolute Gasteiger partial charge is 0.254 e. The van der Waals surface area contributed by atoms with E-state index in [9.17, 15) is 4.79 Å². The van der Waals surface area contributed by atoms with Gasteiger partial charge in [-0.25, -0.2) is 0 Å². The molecule has 2 aromatic carbocycles. The van der Waals surface area contributed by atoms with Crippen molar-refractivity contribution < 1.29 is 14.3 Å². The first kappa shape index (κ1) is 22.8. The molecule has 0 saturated carbocycles. The van der Waals surface area contributed by atoms with E-state index in [1.807, 2.05) is 47.4 Å². The van der Waals surface area contributed by atoms with E-state index in [4.69, 9.17) is 15.2 Å². The molecule has 0 aliphatic heterocycles. The minimum Gasteiger partial charge on any atom is -0.493 e. The monoisotopic (exact) mass is 398 g/mol. The highest BCUT2D eigenvalue weighted by atomic mass is 16.5. The topological polar surface area (TPSA) is 64.8 Å². The van der Waals surface area contributed by atoms with E-state index in [-0.39, 0.29) is 11.3 Å². The maximum atomic E-state index is 13.2. The molecular weight excluding hydrogens is 364 g/mol. The number of hydrogen-bond donors (Lipinski definition) is 1. The van der Waals surface area contributed by atoms with Gasteiger partial charge in [-0.2, -0.15) is 0 Å². The van der Waals surface area contributed by atoms with Gasteiger partial charge in [0.15, 0.2) is 11.5 Å². The summed E-state index contributed by atoms with van der Waals surface area (Å²) in [6, 6.07) is 15.3. The summed E-state index contributed by atoms with van der Waals surface area (Å²) < 4.78 is 11.4. The summed E-state index contributed by atoms with van der Waals surface area (Å²) in [6.07, 6.45) is 1.80. The van der Waals surface area contributed by atoms with Gasteiger partial charge in [-0.3, -0.25) is 4.79 Å². The molecule has 158 valence electrons. The maximum Gasteiger partial charge on any atom is 0.254 e. The van der Waals surface area contributed by atoms with Crippen molar-refractivity contribution in [3.63, 3.8) is 0 Å². The average Bonchev–Trinajstić information content (AvgIpc) is 2.71. The van der Waals surface area contributed by atoms with E-state index in [1.54, 1.807) is 13.2 Å². The Labute approximate surface area is 174 Å². The van der Waals surface area contributed by atoms with Crippen LogP contribution in [-0.4, -0.2) is 37.6 Å². The maximum absolute atomic E-state index is 13.2. The number of amides is 1. The lowest BCUT2D eigenvalue weighted by Crippen LogP contribution is -2.38. The van der Waals surface area contributed by atoms with Crippen molar-refractivity contribution in [2.75, 3.05) is 26.7 Å². The van der Waals surface area contributed by atoms with Gasteiger partial charge in [0.2, 0.25) is 0 Å². The van der Waals surface area contributed by atoms with Gasteiger partial charge in [-0.1, -0.05) is 51.1 Å². The number of carbonyl (C=O) groups is 1. The van der Waals surface area contributed by atoms with Crippen molar-refractivity contribution in [2.45, 2.75) is 40.2 Å². The van der Waals surface area contributed by atoms with Crippen LogP contribution in [0.1, 0.15) is 49.5 Å². The summed E-state index contributed by atoms with van der Waals surface area (Å²) in [6.45, 7) is 8.87. The highest BCUT2D eigenvalue weighted by Gasteiger charge is 2.23. The second-order valence-corrected chi connectivity index (χ2v) is 8.42. The molecule has 0 unspecified atom stereocenters. The predicted octanol–water partition coefficient (Wildman–Crippen LogP) is 4.50. The van der Waals surface area contributed by atoms with Gasteiger partial charge in [0.05, 0.1) is 7.11 Å². The minimum atomic E-state index is 0.00450. The number of rotatable bonds is 10. The van der Waals surface area contributed by atoms with Crippen molar-refractivity contribution in [1.29, 1.82) is 0 Å². The van der Waals surface area contributed by atoms with Crippen molar-refractivity contribution in [3.05, 3.63) is 59.7 Å². The van der Waals surface area contributed by atoms with E-state index in [0.717, 1.165) is 18.4 Å². The van der Waals surface area contributed by atoms with E-state index in [1.165, 1.54) is 0 Å². The molecule has 0 bridgehead atoms. The molecule has 0 aromatic heterocycles. The van der Waals surface area contributed by atoms with Gasteiger partial charge < -0.3 is 20.1 Å². The van der Waals surface area contributed by atoms with Crippen LogP contribution in [0, 0.1) is 5.41 Å². The summed E-state index contributed by atoms with van der Waals surface area (Å²) in [7, 11) is 1.59. The predicted molar refractivity (Wildman–Crippen MR) is 117 cm³/mol. The molecule has 5 heteroatoms. The molecule has 1 amide bonds. The molecule has 0 saturated heterocycles. The molecular formula is C24H34N2O3. The largest absolute Gasteiger partial charge is 0.493 e. The Morgan fingerprint density at radius 2 is 1.76 bits per heavy atom. The van der Waals surface area contributed by atoms with Gasteiger partial charge in [0.1, 0.15) is 6.61 Å². The minimum absolute atomic E-state index is 0.00450. The Balaban J connectivity index is 2.15. The highest BCUT2D eigenvalue weighted by Crippen LogP contribution is 2.30. The lowest BCUT2D eigenvalue weighted by Gasteiger charge is -2.30. The number of benzene rings is 2. The Hall–Kier alpha value is -2.53. The summed E-state index contributed by atoms with van der Waals surface area (Å²) in [5.41, 5.74) is 7.31. The molecule has 0 aliphatic rings. The fourth-order valence-corrected chi connectivity index (χ4v) is 3.11. The zero-order valence-corrected chi connectivity index (χ0v) is 18.1. The van der Waals surface area contributed by atoms with E-state index >= 15 is 0 Å². The third-order valence-electron chi connectivity index (χ3n) is 4.48. The second-order valence-electron chi connectivity index (χ2n) is 8.42. The third kappa shape index (κ3) is 7.42. The molecule has 29 heavy (non-hydrogen) atoms. The summed E-state index contributed by atoms with van der Waals surface area (Å²) in [5, 5.41) is 0. The number of nitrogens with two attached hydrogens (primary N) is 1. The second kappa shape index (κ2) is 10.9. The Morgan fingerprint density at radius 3 is 2.38 bits per heavy atom. The fraction of sp³-hybridized carbons (Fsp3) is 0.458. The van der Waals surface area contributed by atoms with Gasteiger partial charge in [-0.15, -0.1) is 0 Å². The molecule has 0 radical (unpaired) electrons. The van der Waals surface area contributed by atoms with Crippen LogP contribution < -0.4 is 15.2 Å². The summed E-state index contributed by atoms with van der Waals surface area (Å²) in [4.78, 5) is 15.1. The highest BCUT2D eigenvalue weighted by molar-refractivity contribution is 5.95.